The molecule has 24 heavy (non-hydrogen) atoms. The number of rotatable bonds is 5. The Morgan fingerprint density at radius 1 is 1.21 bits per heavy atom. The number of nitrogens with one attached hydrogen (secondary N) is 1. The molecule has 0 spiro atoms. The highest BCUT2D eigenvalue weighted by Crippen LogP contribution is 2.38. The Kier molecular flexibility index (Phi) is 5.48. The van der Waals surface area contributed by atoms with Crippen LogP contribution in [0.1, 0.15) is 31.2 Å². The van der Waals surface area contributed by atoms with Crippen molar-refractivity contribution in [2.45, 2.75) is 37.8 Å². The second-order valence-electron chi connectivity index (χ2n) is 6.27. The van der Waals surface area contributed by atoms with E-state index in [1.165, 1.54) is 0 Å². The number of ether oxygens (including phenoxy) is 3. The van der Waals surface area contributed by atoms with Crippen LogP contribution in [-0.4, -0.2) is 43.0 Å². The zero-order valence-corrected chi connectivity index (χ0v) is 14.2. The molecule has 0 amide bonds. The first-order valence-electron chi connectivity index (χ1n) is 8.21. The van der Waals surface area contributed by atoms with Crippen molar-refractivity contribution in [1.29, 1.82) is 0 Å². The molecule has 2 N–H and O–H groups in total. The first kappa shape index (κ1) is 17.3. The highest BCUT2D eigenvalue weighted by Gasteiger charge is 2.34. The van der Waals surface area contributed by atoms with Gasteiger partial charge in [0.2, 0.25) is 0 Å². The van der Waals surface area contributed by atoms with Gasteiger partial charge in [0.25, 0.3) is 0 Å². The van der Waals surface area contributed by atoms with E-state index in [4.69, 9.17) is 25.8 Å². The number of fused-ring (bicyclic) bond motifs is 1. The van der Waals surface area contributed by atoms with E-state index in [1.807, 2.05) is 12.1 Å². The van der Waals surface area contributed by atoms with E-state index in [-0.39, 0.29) is 6.42 Å². The minimum Gasteiger partial charge on any atom is -0.489 e. The summed E-state index contributed by atoms with van der Waals surface area (Å²) in [4.78, 5) is 11.2. The number of aliphatic carboxylic acids is 1. The molecule has 6 nitrogen and oxygen atoms in total. The van der Waals surface area contributed by atoms with Gasteiger partial charge >= 0.3 is 5.97 Å². The number of benzene rings is 1. The van der Waals surface area contributed by atoms with Crippen molar-refractivity contribution in [3.63, 3.8) is 0 Å². The maximum Gasteiger partial charge on any atom is 0.305 e. The summed E-state index contributed by atoms with van der Waals surface area (Å²) in [6.45, 7) is 2.85. The molecule has 1 saturated heterocycles. The lowest BCUT2D eigenvalue weighted by atomic mass is 9.86. The standard InChI is InChI=1S/C17H22ClNO5/c18-13-8-12(9-14-16(13)24-5-1-4-23-14)11-19-17(10-15(20)21)2-6-22-7-3-17/h8-9,19H,1-7,10-11H2,(H,20,21). The Morgan fingerprint density at radius 2 is 1.96 bits per heavy atom. The number of halogens is 1. The predicted octanol–water partition coefficient (Wildman–Crippen LogP) is 2.61. The highest BCUT2D eigenvalue weighted by molar-refractivity contribution is 6.32. The lowest BCUT2D eigenvalue weighted by Crippen LogP contribution is -2.50. The fraction of sp³-hybridized carbons (Fsp3) is 0.588. The number of carboxylic acids is 1. The first-order valence-corrected chi connectivity index (χ1v) is 8.58. The van der Waals surface area contributed by atoms with E-state index in [0.717, 1.165) is 12.0 Å². The summed E-state index contributed by atoms with van der Waals surface area (Å²) < 4.78 is 16.7. The molecule has 7 heteroatoms. The van der Waals surface area contributed by atoms with Gasteiger partial charge in [-0.25, -0.2) is 0 Å². The number of hydrogen-bond acceptors (Lipinski definition) is 5. The van der Waals surface area contributed by atoms with Gasteiger partial charge in [0.05, 0.1) is 24.7 Å². The van der Waals surface area contributed by atoms with E-state index in [0.29, 0.717) is 62.3 Å². The molecular formula is C17H22ClNO5. The van der Waals surface area contributed by atoms with Crippen molar-refractivity contribution in [2.24, 2.45) is 0 Å². The molecule has 2 aliphatic heterocycles. The molecule has 2 aliphatic rings. The van der Waals surface area contributed by atoms with Crippen LogP contribution in [0.25, 0.3) is 0 Å². The van der Waals surface area contributed by atoms with Crippen LogP contribution >= 0.6 is 11.6 Å². The topological polar surface area (TPSA) is 77.0 Å². The van der Waals surface area contributed by atoms with E-state index < -0.39 is 11.5 Å². The average molecular weight is 356 g/mol. The summed E-state index contributed by atoms with van der Waals surface area (Å²) in [5.41, 5.74) is 0.501. The molecule has 1 aromatic carbocycles. The quantitative estimate of drug-likeness (QED) is 0.845. The molecule has 0 aliphatic carbocycles. The summed E-state index contributed by atoms with van der Waals surface area (Å²) in [6.07, 6.45) is 2.25. The zero-order valence-electron chi connectivity index (χ0n) is 13.5. The van der Waals surface area contributed by atoms with Gasteiger partial charge in [-0.15, -0.1) is 0 Å². The number of hydrogen-bond donors (Lipinski definition) is 2. The second kappa shape index (κ2) is 7.59. The maximum absolute atomic E-state index is 11.2. The minimum absolute atomic E-state index is 0.0780. The fourth-order valence-electron chi connectivity index (χ4n) is 3.14. The summed E-state index contributed by atoms with van der Waals surface area (Å²) in [7, 11) is 0. The van der Waals surface area contributed by atoms with Crippen molar-refractivity contribution >= 4 is 17.6 Å². The molecule has 1 fully saturated rings. The summed E-state index contributed by atoms with van der Waals surface area (Å²) in [5.74, 6) is 0.432. The Bertz CT molecular complexity index is 601. The molecular weight excluding hydrogens is 334 g/mol. The van der Waals surface area contributed by atoms with Crippen LogP contribution in [0, 0.1) is 0 Å². The SMILES string of the molecule is O=C(O)CC1(NCc2cc(Cl)c3c(c2)OCCCO3)CCOCC1. The van der Waals surface area contributed by atoms with Crippen LogP contribution in [0.2, 0.25) is 5.02 Å². The highest BCUT2D eigenvalue weighted by atomic mass is 35.5. The van der Waals surface area contributed by atoms with Gasteiger partial charge in [-0.3, -0.25) is 4.79 Å². The van der Waals surface area contributed by atoms with Crippen LogP contribution in [0.3, 0.4) is 0 Å². The van der Waals surface area contributed by atoms with E-state index >= 15 is 0 Å². The number of carboxylic acid groups (broad SMARTS) is 1. The summed E-state index contributed by atoms with van der Waals surface area (Å²) in [6, 6.07) is 3.75. The molecule has 0 saturated carbocycles. The van der Waals surface area contributed by atoms with Gasteiger partial charge in [-0.2, -0.15) is 0 Å². The van der Waals surface area contributed by atoms with Crippen molar-refractivity contribution in [3.05, 3.63) is 22.7 Å². The monoisotopic (exact) mass is 355 g/mol. The van der Waals surface area contributed by atoms with Gasteiger partial charge in [0.1, 0.15) is 0 Å². The molecule has 0 radical (unpaired) electrons. The Labute approximate surface area is 146 Å². The minimum atomic E-state index is -0.805. The first-order chi connectivity index (χ1) is 11.6. The van der Waals surface area contributed by atoms with Crippen LogP contribution in [0.4, 0.5) is 0 Å². The van der Waals surface area contributed by atoms with Crippen molar-refractivity contribution in [2.75, 3.05) is 26.4 Å². The van der Waals surface area contributed by atoms with Crippen LogP contribution < -0.4 is 14.8 Å². The molecule has 0 aromatic heterocycles. The third-order valence-electron chi connectivity index (χ3n) is 4.47. The molecule has 0 unspecified atom stereocenters. The van der Waals surface area contributed by atoms with Gasteiger partial charge < -0.3 is 24.6 Å². The predicted molar refractivity (Wildman–Crippen MR) is 88.9 cm³/mol. The second-order valence-corrected chi connectivity index (χ2v) is 6.68. The van der Waals surface area contributed by atoms with Crippen molar-refractivity contribution in [3.8, 4) is 11.5 Å². The maximum atomic E-state index is 11.2. The Hall–Kier alpha value is -1.50. The van der Waals surface area contributed by atoms with E-state index in [2.05, 4.69) is 5.32 Å². The summed E-state index contributed by atoms with van der Waals surface area (Å²) in [5, 5.41) is 13.2. The van der Waals surface area contributed by atoms with Gasteiger partial charge in [-0.1, -0.05) is 11.6 Å². The molecule has 3 rings (SSSR count). The molecule has 132 valence electrons. The molecule has 0 bridgehead atoms. The van der Waals surface area contributed by atoms with Gasteiger partial charge in [0, 0.05) is 31.7 Å². The van der Waals surface area contributed by atoms with Gasteiger partial charge in [0.15, 0.2) is 11.5 Å². The van der Waals surface area contributed by atoms with Crippen molar-refractivity contribution < 1.29 is 24.1 Å². The largest absolute Gasteiger partial charge is 0.489 e. The fourth-order valence-corrected chi connectivity index (χ4v) is 3.43. The average Bonchev–Trinajstić information content (AvgIpc) is 2.79. The number of carbonyl (C=O) groups is 1. The Morgan fingerprint density at radius 3 is 2.71 bits per heavy atom. The lowest BCUT2D eigenvalue weighted by molar-refractivity contribution is -0.139. The van der Waals surface area contributed by atoms with Crippen LogP contribution in [0.15, 0.2) is 12.1 Å². The van der Waals surface area contributed by atoms with Crippen LogP contribution in [0.5, 0.6) is 11.5 Å². The molecule has 2 heterocycles. The lowest BCUT2D eigenvalue weighted by Gasteiger charge is -2.37. The smallest absolute Gasteiger partial charge is 0.305 e. The zero-order chi connectivity index (χ0) is 17.0. The normalized spacial score (nSPS) is 19.5. The van der Waals surface area contributed by atoms with E-state index in [9.17, 15) is 9.90 Å². The third kappa shape index (κ3) is 4.12. The van der Waals surface area contributed by atoms with Gasteiger partial charge in [-0.05, 0) is 30.5 Å². The van der Waals surface area contributed by atoms with E-state index in [1.54, 1.807) is 0 Å². The molecule has 1 aromatic rings. The molecule has 0 atom stereocenters. The van der Waals surface area contributed by atoms with Crippen LogP contribution in [-0.2, 0) is 16.1 Å². The Balaban J connectivity index is 1.74. The summed E-state index contributed by atoms with van der Waals surface area (Å²) >= 11 is 6.31. The van der Waals surface area contributed by atoms with Crippen molar-refractivity contribution in [1.82, 2.24) is 5.32 Å². The third-order valence-corrected chi connectivity index (χ3v) is 4.75.